The van der Waals surface area contributed by atoms with E-state index >= 15 is 0 Å². The highest BCUT2D eigenvalue weighted by atomic mass is 16.5. The number of nitrogens with one attached hydrogen (secondary N) is 1. The molecule has 96 valence electrons. The van der Waals surface area contributed by atoms with Gasteiger partial charge in [-0.05, 0) is 32.7 Å². The third kappa shape index (κ3) is 3.21. The molecule has 0 aromatic carbocycles. The highest BCUT2D eigenvalue weighted by molar-refractivity contribution is 4.95. The molecule has 1 atom stereocenters. The molecule has 0 aromatic heterocycles. The molecule has 2 nitrogen and oxygen atoms in total. The maximum atomic E-state index is 6.20. The summed E-state index contributed by atoms with van der Waals surface area (Å²) in [6, 6.07) is 0.491. The minimum atomic E-state index is 0.0914. The van der Waals surface area contributed by atoms with Gasteiger partial charge in [-0.15, -0.1) is 0 Å². The first-order chi connectivity index (χ1) is 7.66. The lowest BCUT2D eigenvalue weighted by atomic mass is 9.80. The van der Waals surface area contributed by atoms with E-state index in [-0.39, 0.29) is 5.60 Å². The van der Waals surface area contributed by atoms with Crippen LogP contribution < -0.4 is 5.32 Å². The normalized spacial score (nSPS) is 23.1. The van der Waals surface area contributed by atoms with E-state index in [4.69, 9.17) is 4.74 Å². The van der Waals surface area contributed by atoms with Gasteiger partial charge in [-0.25, -0.2) is 0 Å². The van der Waals surface area contributed by atoms with E-state index < -0.39 is 0 Å². The fourth-order valence-electron chi connectivity index (χ4n) is 3.36. The topological polar surface area (TPSA) is 21.3 Å². The van der Waals surface area contributed by atoms with E-state index in [2.05, 4.69) is 33.1 Å². The SMILES string of the molecule is CCOC1(C(NC)C(C)C)CCCCCC1. The van der Waals surface area contributed by atoms with Crippen molar-refractivity contribution in [2.24, 2.45) is 5.92 Å². The minimum Gasteiger partial charge on any atom is -0.374 e. The van der Waals surface area contributed by atoms with Crippen molar-refractivity contribution in [3.63, 3.8) is 0 Å². The smallest absolute Gasteiger partial charge is 0.0836 e. The summed E-state index contributed by atoms with van der Waals surface area (Å²) < 4.78 is 6.20. The molecule has 1 saturated carbocycles. The molecule has 16 heavy (non-hydrogen) atoms. The quantitative estimate of drug-likeness (QED) is 0.727. The molecular formula is C14H29NO. The molecule has 1 N–H and O–H groups in total. The van der Waals surface area contributed by atoms with Crippen molar-refractivity contribution < 1.29 is 4.74 Å². The second-order valence-electron chi connectivity index (χ2n) is 5.42. The zero-order valence-electron chi connectivity index (χ0n) is 11.5. The summed E-state index contributed by atoms with van der Waals surface area (Å²) in [5.74, 6) is 0.634. The third-order valence-electron chi connectivity index (χ3n) is 3.93. The summed E-state index contributed by atoms with van der Waals surface area (Å²) in [5.41, 5.74) is 0.0914. The zero-order valence-corrected chi connectivity index (χ0v) is 11.5. The summed E-state index contributed by atoms with van der Waals surface area (Å²) in [4.78, 5) is 0. The Hall–Kier alpha value is -0.0800. The number of rotatable bonds is 5. The van der Waals surface area contributed by atoms with E-state index in [0.29, 0.717) is 12.0 Å². The number of ether oxygens (including phenoxy) is 1. The fraction of sp³-hybridized carbons (Fsp3) is 1.00. The van der Waals surface area contributed by atoms with Gasteiger partial charge in [0.25, 0.3) is 0 Å². The molecule has 0 aliphatic heterocycles. The van der Waals surface area contributed by atoms with Gasteiger partial charge in [0.2, 0.25) is 0 Å². The lowest BCUT2D eigenvalue weighted by Crippen LogP contribution is -2.54. The molecule has 0 saturated heterocycles. The zero-order chi connectivity index (χ0) is 12.0. The Morgan fingerprint density at radius 1 is 1.12 bits per heavy atom. The van der Waals surface area contributed by atoms with Gasteiger partial charge >= 0.3 is 0 Å². The largest absolute Gasteiger partial charge is 0.374 e. The fourth-order valence-corrected chi connectivity index (χ4v) is 3.36. The van der Waals surface area contributed by atoms with Crippen LogP contribution in [0.2, 0.25) is 0 Å². The number of hydrogen-bond acceptors (Lipinski definition) is 2. The third-order valence-corrected chi connectivity index (χ3v) is 3.93. The van der Waals surface area contributed by atoms with Crippen LogP contribution >= 0.6 is 0 Å². The predicted octanol–water partition coefficient (Wildman–Crippen LogP) is 3.36. The van der Waals surface area contributed by atoms with Gasteiger partial charge in [0.1, 0.15) is 0 Å². The average Bonchev–Trinajstić information content (AvgIpc) is 2.45. The Morgan fingerprint density at radius 2 is 1.69 bits per heavy atom. The Kier molecular flexibility index (Phi) is 5.77. The van der Waals surface area contributed by atoms with Crippen molar-refractivity contribution in [2.45, 2.75) is 70.9 Å². The van der Waals surface area contributed by atoms with Crippen molar-refractivity contribution in [1.82, 2.24) is 5.32 Å². The summed E-state index contributed by atoms with van der Waals surface area (Å²) in [6.07, 6.45) is 7.86. The van der Waals surface area contributed by atoms with Crippen molar-refractivity contribution in [3.8, 4) is 0 Å². The summed E-state index contributed by atoms with van der Waals surface area (Å²) >= 11 is 0. The monoisotopic (exact) mass is 227 g/mol. The van der Waals surface area contributed by atoms with Crippen LogP contribution in [-0.2, 0) is 4.74 Å². The summed E-state index contributed by atoms with van der Waals surface area (Å²) in [6.45, 7) is 7.56. The van der Waals surface area contributed by atoms with E-state index in [1.807, 2.05) is 0 Å². The van der Waals surface area contributed by atoms with Crippen molar-refractivity contribution in [1.29, 1.82) is 0 Å². The molecule has 0 radical (unpaired) electrons. The highest BCUT2D eigenvalue weighted by Crippen LogP contribution is 2.35. The minimum absolute atomic E-state index is 0.0914. The molecule has 0 amide bonds. The molecule has 1 aliphatic rings. The Morgan fingerprint density at radius 3 is 2.06 bits per heavy atom. The van der Waals surface area contributed by atoms with Crippen LogP contribution in [0.15, 0.2) is 0 Å². The van der Waals surface area contributed by atoms with E-state index in [1.54, 1.807) is 0 Å². The Labute approximate surface area is 101 Å². The first kappa shape index (κ1) is 14.0. The molecule has 2 heteroatoms. The van der Waals surface area contributed by atoms with Crippen molar-refractivity contribution in [3.05, 3.63) is 0 Å². The molecule has 1 rings (SSSR count). The number of hydrogen-bond donors (Lipinski definition) is 1. The molecular weight excluding hydrogens is 198 g/mol. The van der Waals surface area contributed by atoms with Crippen molar-refractivity contribution >= 4 is 0 Å². The van der Waals surface area contributed by atoms with Gasteiger partial charge < -0.3 is 10.1 Å². The standard InChI is InChI=1S/C14H29NO/c1-5-16-14(13(15-4)12(2)3)10-8-6-7-9-11-14/h12-13,15H,5-11H2,1-4H3. The molecule has 0 heterocycles. The lowest BCUT2D eigenvalue weighted by Gasteiger charge is -2.42. The van der Waals surface area contributed by atoms with Crippen LogP contribution in [-0.4, -0.2) is 25.3 Å². The average molecular weight is 227 g/mol. The second-order valence-corrected chi connectivity index (χ2v) is 5.42. The van der Waals surface area contributed by atoms with Gasteiger partial charge in [-0.1, -0.05) is 39.5 Å². The molecule has 1 aliphatic carbocycles. The molecule has 1 fully saturated rings. The van der Waals surface area contributed by atoms with Gasteiger partial charge in [0, 0.05) is 12.6 Å². The van der Waals surface area contributed by atoms with Crippen LogP contribution in [0.3, 0.4) is 0 Å². The van der Waals surface area contributed by atoms with Gasteiger partial charge in [-0.3, -0.25) is 0 Å². The molecule has 0 aromatic rings. The van der Waals surface area contributed by atoms with Crippen LogP contribution in [0.1, 0.15) is 59.3 Å². The van der Waals surface area contributed by atoms with Gasteiger partial charge in [0.15, 0.2) is 0 Å². The number of likely N-dealkylation sites (N-methyl/N-ethyl adjacent to an activating group) is 1. The molecule has 0 spiro atoms. The van der Waals surface area contributed by atoms with Crippen LogP contribution in [0.4, 0.5) is 0 Å². The summed E-state index contributed by atoms with van der Waals surface area (Å²) in [5, 5.41) is 3.50. The van der Waals surface area contributed by atoms with Crippen LogP contribution in [0.25, 0.3) is 0 Å². The van der Waals surface area contributed by atoms with Crippen LogP contribution in [0, 0.1) is 5.92 Å². The summed E-state index contributed by atoms with van der Waals surface area (Å²) in [7, 11) is 2.08. The lowest BCUT2D eigenvalue weighted by molar-refractivity contribution is -0.0852. The second kappa shape index (κ2) is 6.61. The first-order valence-corrected chi connectivity index (χ1v) is 6.97. The van der Waals surface area contributed by atoms with Crippen LogP contribution in [0.5, 0.6) is 0 Å². The Balaban J connectivity index is 2.82. The van der Waals surface area contributed by atoms with E-state index in [1.165, 1.54) is 38.5 Å². The van der Waals surface area contributed by atoms with Crippen molar-refractivity contribution in [2.75, 3.05) is 13.7 Å². The van der Waals surface area contributed by atoms with Gasteiger partial charge in [-0.2, -0.15) is 0 Å². The maximum absolute atomic E-state index is 6.20. The van der Waals surface area contributed by atoms with E-state index in [9.17, 15) is 0 Å². The molecule has 1 unspecified atom stereocenters. The molecule has 0 bridgehead atoms. The first-order valence-electron chi connectivity index (χ1n) is 6.97. The highest BCUT2D eigenvalue weighted by Gasteiger charge is 2.40. The van der Waals surface area contributed by atoms with Gasteiger partial charge in [0.05, 0.1) is 5.60 Å². The predicted molar refractivity (Wildman–Crippen MR) is 69.7 cm³/mol. The van der Waals surface area contributed by atoms with E-state index in [0.717, 1.165) is 6.61 Å². The maximum Gasteiger partial charge on any atom is 0.0836 e. The Bertz CT molecular complexity index is 183.